The van der Waals surface area contributed by atoms with Gasteiger partial charge in [0.25, 0.3) is 0 Å². The maximum Gasteiger partial charge on any atom is 0.469 e. The highest BCUT2D eigenvalue weighted by atomic mass is 31.2. The van der Waals surface area contributed by atoms with Crippen molar-refractivity contribution in [2.24, 2.45) is 0 Å². The molecule has 0 aliphatic rings. The molecule has 0 aliphatic carbocycles. The van der Waals surface area contributed by atoms with Crippen LogP contribution in [0.2, 0.25) is 0 Å². The Kier molecular flexibility index (Phi) is 33.6. The lowest BCUT2D eigenvalue weighted by Gasteiger charge is -2.18. The van der Waals surface area contributed by atoms with Crippen molar-refractivity contribution < 1.29 is 48.2 Å². The molecule has 10 nitrogen and oxygen atoms in total. The second-order valence-electron chi connectivity index (χ2n) is 13.3. The molecule has 3 atom stereocenters. The minimum Gasteiger partial charge on any atom is -0.462 e. The topological polar surface area (TPSA) is 160 Å². The number of phosphoric ester groups is 1. The SMILES string of the molecule is CCCCCCCCCCCCCCCCC(=O)OC[C@H](COP(=O)(O)O)OC(=O)CCC[C@H](O)/C=C/C=C\C/C=C\C=C\[C@H](O)CCCCC. The molecule has 0 aromatic heterocycles. The Labute approximate surface area is 309 Å². The first-order chi connectivity index (χ1) is 24.6. The van der Waals surface area contributed by atoms with E-state index in [4.69, 9.17) is 19.3 Å². The maximum atomic E-state index is 12.4. The molecule has 0 amide bonds. The summed E-state index contributed by atoms with van der Waals surface area (Å²) >= 11 is 0. The fraction of sp³-hybridized carbons (Fsp3) is 0.750. The third-order valence-corrected chi connectivity index (χ3v) is 8.79. The van der Waals surface area contributed by atoms with Crippen molar-refractivity contribution in [3.05, 3.63) is 48.6 Å². The molecule has 0 aromatic carbocycles. The Morgan fingerprint density at radius 3 is 1.55 bits per heavy atom. The highest BCUT2D eigenvalue weighted by molar-refractivity contribution is 7.46. The van der Waals surface area contributed by atoms with E-state index in [2.05, 4.69) is 18.4 Å². The van der Waals surface area contributed by atoms with E-state index in [9.17, 15) is 24.4 Å². The summed E-state index contributed by atoms with van der Waals surface area (Å²) in [6, 6.07) is 0. The molecule has 0 aromatic rings. The maximum absolute atomic E-state index is 12.4. The van der Waals surface area contributed by atoms with Gasteiger partial charge in [0.05, 0.1) is 18.8 Å². The summed E-state index contributed by atoms with van der Waals surface area (Å²) in [5, 5.41) is 20.0. The fourth-order valence-electron chi connectivity index (χ4n) is 5.29. The van der Waals surface area contributed by atoms with Crippen LogP contribution < -0.4 is 0 Å². The fourth-order valence-corrected chi connectivity index (χ4v) is 5.65. The van der Waals surface area contributed by atoms with Gasteiger partial charge in [0, 0.05) is 12.8 Å². The molecule has 4 N–H and O–H groups in total. The van der Waals surface area contributed by atoms with Crippen molar-refractivity contribution in [2.75, 3.05) is 13.2 Å². The van der Waals surface area contributed by atoms with E-state index in [1.807, 2.05) is 30.4 Å². The molecule has 0 bridgehead atoms. The number of esters is 2. The van der Waals surface area contributed by atoms with Crippen LogP contribution in [-0.2, 0) is 28.2 Å². The number of hydrogen-bond acceptors (Lipinski definition) is 8. The zero-order chi connectivity index (χ0) is 37.8. The number of hydrogen-bond donors (Lipinski definition) is 4. The quantitative estimate of drug-likeness (QED) is 0.0213. The lowest BCUT2D eigenvalue weighted by Crippen LogP contribution is -2.29. The smallest absolute Gasteiger partial charge is 0.462 e. The molecule has 0 heterocycles. The monoisotopic (exact) mass is 742 g/mol. The summed E-state index contributed by atoms with van der Waals surface area (Å²) < 4.78 is 26.2. The molecule has 0 radical (unpaired) electrons. The van der Waals surface area contributed by atoms with Crippen molar-refractivity contribution >= 4 is 19.8 Å². The van der Waals surface area contributed by atoms with Crippen molar-refractivity contribution in [2.45, 2.75) is 180 Å². The predicted octanol–water partition coefficient (Wildman–Crippen LogP) is 9.51. The van der Waals surface area contributed by atoms with Gasteiger partial charge in [-0.25, -0.2) is 4.57 Å². The van der Waals surface area contributed by atoms with E-state index in [0.29, 0.717) is 25.7 Å². The van der Waals surface area contributed by atoms with Crippen LogP contribution in [-0.4, -0.2) is 63.5 Å². The minimum atomic E-state index is -4.82. The minimum absolute atomic E-state index is 0.0360. The van der Waals surface area contributed by atoms with Crippen LogP contribution in [0.3, 0.4) is 0 Å². The number of aliphatic hydroxyl groups excluding tert-OH is 2. The predicted molar refractivity (Wildman–Crippen MR) is 205 cm³/mol. The second-order valence-corrected chi connectivity index (χ2v) is 14.6. The van der Waals surface area contributed by atoms with Crippen molar-refractivity contribution in [1.82, 2.24) is 0 Å². The van der Waals surface area contributed by atoms with Crippen LogP contribution in [0, 0.1) is 0 Å². The van der Waals surface area contributed by atoms with E-state index in [0.717, 1.165) is 44.9 Å². The Bertz CT molecular complexity index is 1000. The Morgan fingerprint density at radius 2 is 1.04 bits per heavy atom. The van der Waals surface area contributed by atoms with Gasteiger partial charge < -0.3 is 29.5 Å². The molecule has 0 aliphatic heterocycles. The van der Waals surface area contributed by atoms with Crippen molar-refractivity contribution in [1.29, 1.82) is 0 Å². The normalized spacial score (nSPS) is 14.2. The van der Waals surface area contributed by atoms with Crippen LogP contribution in [0.4, 0.5) is 0 Å². The van der Waals surface area contributed by atoms with Crippen molar-refractivity contribution in [3.8, 4) is 0 Å². The number of unbranched alkanes of at least 4 members (excludes halogenated alkanes) is 15. The van der Waals surface area contributed by atoms with Crippen LogP contribution >= 0.6 is 7.82 Å². The molecule has 0 saturated carbocycles. The molecule has 0 rings (SSSR count). The lowest BCUT2D eigenvalue weighted by molar-refractivity contribution is -0.161. The summed E-state index contributed by atoms with van der Waals surface area (Å²) in [6.07, 6.45) is 34.7. The molecule has 296 valence electrons. The van der Waals surface area contributed by atoms with E-state index in [-0.39, 0.29) is 19.4 Å². The summed E-state index contributed by atoms with van der Waals surface area (Å²) in [5.41, 5.74) is 0. The third kappa shape index (κ3) is 37.5. The van der Waals surface area contributed by atoms with Gasteiger partial charge in [0.2, 0.25) is 0 Å². The molecule has 0 unspecified atom stereocenters. The average Bonchev–Trinajstić information content (AvgIpc) is 3.08. The average molecular weight is 743 g/mol. The highest BCUT2D eigenvalue weighted by Crippen LogP contribution is 2.36. The number of carbonyl (C=O) groups is 2. The largest absolute Gasteiger partial charge is 0.469 e. The summed E-state index contributed by atoms with van der Waals surface area (Å²) in [7, 11) is -4.82. The second kappa shape index (κ2) is 35.0. The lowest BCUT2D eigenvalue weighted by atomic mass is 10.0. The highest BCUT2D eigenvalue weighted by Gasteiger charge is 2.23. The summed E-state index contributed by atoms with van der Waals surface area (Å²) in [4.78, 5) is 42.7. The first-order valence-electron chi connectivity index (χ1n) is 19.6. The number of carbonyl (C=O) groups excluding carboxylic acids is 2. The molecular formula is C40H71O10P. The zero-order valence-electron chi connectivity index (χ0n) is 31.7. The van der Waals surface area contributed by atoms with Crippen LogP contribution in [0.1, 0.15) is 162 Å². The Hall–Kier alpha value is -2.07. The van der Waals surface area contributed by atoms with Crippen molar-refractivity contribution in [3.63, 3.8) is 0 Å². The van der Waals surface area contributed by atoms with Crippen LogP contribution in [0.15, 0.2) is 48.6 Å². The molecule has 11 heteroatoms. The standard InChI is InChI=1S/C40H71O10P/c1-3-5-7-8-9-10-11-12-13-14-15-19-22-26-32-39(43)48-34-38(35-49-51(45,46)47)50-40(44)33-27-31-37(42)30-25-21-18-16-17-20-24-29-36(41)28-23-6-4-2/h17-18,20-21,24-25,29-30,36-38,41-42H,3-16,19,22-23,26-28,31-35H2,1-2H3,(H2,45,46,47)/b20-17-,21-18-,29-24+,30-25+/t36-,37-,38-/m1/s1. The molecule has 0 spiro atoms. The Balaban J connectivity index is 4.21. The molecular weight excluding hydrogens is 671 g/mol. The molecule has 0 fully saturated rings. The first-order valence-corrected chi connectivity index (χ1v) is 21.2. The third-order valence-electron chi connectivity index (χ3n) is 8.31. The first kappa shape index (κ1) is 48.9. The van der Waals surface area contributed by atoms with Gasteiger partial charge >= 0.3 is 19.8 Å². The number of phosphoric acid groups is 1. The van der Waals surface area contributed by atoms with Crippen LogP contribution in [0.25, 0.3) is 0 Å². The van der Waals surface area contributed by atoms with E-state index in [1.165, 1.54) is 64.2 Å². The number of rotatable bonds is 35. The van der Waals surface area contributed by atoms with Crippen LogP contribution in [0.5, 0.6) is 0 Å². The summed E-state index contributed by atoms with van der Waals surface area (Å²) in [6.45, 7) is 3.39. The zero-order valence-corrected chi connectivity index (χ0v) is 32.6. The van der Waals surface area contributed by atoms with Gasteiger partial charge in [-0.05, 0) is 32.1 Å². The summed E-state index contributed by atoms with van der Waals surface area (Å²) in [5.74, 6) is -1.11. The van der Waals surface area contributed by atoms with Gasteiger partial charge in [-0.1, -0.05) is 165 Å². The van der Waals surface area contributed by atoms with Gasteiger partial charge in [-0.15, -0.1) is 0 Å². The van der Waals surface area contributed by atoms with E-state index < -0.39 is 44.7 Å². The van der Waals surface area contributed by atoms with Gasteiger partial charge in [0.1, 0.15) is 6.61 Å². The molecule has 0 saturated heterocycles. The number of aliphatic hydroxyl groups is 2. The Morgan fingerprint density at radius 1 is 0.588 bits per heavy atom. The van der Waals surface area contributed by atoms with E-state index >= 15 is 0 Å². The molecule has 51 heavy (non-hydrogen) atoms. The number of allylic oxidation sites excluding steroid dienone is 6. The van der Waals surface area contributed by atoms with Gasteiger partial charge in [0.15, 0.2) is 6.10 Å². The van der Waals surface area contributed by atoms with Gasteiger partial charge in [-0.3, -0.25) is 14.1 Å². The van der Waals surface area contributed by atoms with E-state index in [1.54, 1.807) is 18.2 Å². The van der Waals surface area contributed by atoms with Gasteiger partial charge in [-0.2, -0.15) is 0 Å². The number of ether oxygens (including phenoxy) is 2.